The Morgan fingerprint density at radius 2 is 2.50 bits per heavy atom. The molecule has 1 radical (unpaired) electrons. The van der Waals surface area contributed by atoms with E-state index in [1.807, 2.05) is 0 Å². The second kappa shape index (κ2) is 2.11. The van der Waals surface area contributed by atoms with Gasteiger partial charge in [-0.2, -0.15) is 0 Å². The third kappa shape index (κ3) is 1.18. The molecule has 0 spiro atoms. The van der Waals surface area contributed by atoms with Gasteiger partial charge in [0.15, 0.2) is 0 Å². The molecule has 1 N–H and O–H groups in total. The SMILES string of the molecule is O=c1nccc([Se])[nH]1. The number of aromatic nitrogens is 2. The first-order valence-electron chi connectivity index (χ1n) is 2.01. The summed E-state index contributed by atoms with van der Waals surface area (Å²) in [5.41, 5.74) is -0.318. The molecule has 3 nitrogen and oxygen atoms in total. The van der Waals surface area contributed by atoms with Crippen molar-refractivity contribution < 1.29 is 0 Å². The zero-order valence-electron chi connectivity index (χ0n) is 3.92. The molecule has 0 aliphatic heterocycles. The molecule has 0 aliphatic carbocycles. The van der Waals surface area contributed by atoms with Crippen molar-refractivity contribution in [1.29, 1.82) is 0 Å². The number of nitrogens with zero attached hydrogens (tertiary/aromatic N) is 1. The second-order valence-electron chi connectivity index (χ2n) is 1.24. The maximum atomic E-state index is 10.3. The van der Waals surface area contributed by atoms with Gasteiger partial charge in [-0.1, -0.05) is 0 Å². The first-order valence-corrected chi connectivity index (χ1v) is 2.87. The summed E-state index contributed by atoms with van der Waals surface area (Å²) in [6.07, 6.45) is 1.45. The van der Waals surface area contributed by atoms with Crippen molar-refractivity contribution in [2.24, 2.45) is 0 Å². The summed E-state index contributed by atoms with van der Waals surface area (Å²) in [6.45, 7) is 0. The van der Waals surface area contributed by atoms with E-state index < -0.39 is 0 Å². The molecule has 1 rings (SSSR count). The summed E-state index contributed by atoms with van der Waals surface area (Å²) in [4.78, 5) is 16.2. The molecule has 1 heterocycles. The van der Waals surface area contributed by atoms with Crippen LogP contribution in [0.5, 0.6) is 0 Å². The summed E-state index contributed by atoms with van der Waals surface area (Å²) in [5, 5.41) is 0. The second-order valence-corrected chi connectivity index (χ2v) is 2.16. The summed E-state index contributed by atoms with van der Waals surface area (Å²) < 4.78 is 0.713. The summed E-state index contributed by atoms with van der Waals surface area (Å²) >= 11 is 2.65. The van der Waals surface area contributed by atoms with Gasteiger partial charge in [0.05, 0.1) is 0 Å². The summed E-state index contributed by atoms with van der Waals surface area (Å²) in [5.74, 6) is 0. The number of hydrogen-bond donors (Lipinski definition) is 1. The Morgan fingerprint density at radius 3 is 2.88 bits per heavy atom. The first kappa shape index (κ1) is 5.53. The minimum atomic E-state index is -0.318. The van der Waals surface area contributed by atoms with Crippen LogP contribution in [0.25, 0.3) is 0 Å². The fourth-order valence-electron chi connectivity index (χ4n) is 0.352. The average Bonchev–Trinajstić information content (AvgIpc) is 1.64. The molecule has 41 valence electrons. The number of hydrogen-bond acceptors (Lipinski definition) is 2. The Kier molecular flexibility index (Phi) is 1.46. The van der Waals surface area contributed by atoms with E-state index in [2.05, 4.69) is 26.0 Å². The van der Waals surface area contributed by atoms with E-state index in [9.17, 15) is 4.79 Å². The zero-order chi connectivity index (χ0) is 5.98. The van der Waals surface area contributed by atoms with Crippen LogP contribution >= 0.6 is 0 Å². The van der Waals surface area contributed by atoms with Gasteiger partial charge < -0.3 is 0 Å². The van der Waals surface area contributed by atoms with Crippen LogP contribution in [0.3, 0.4) is 0 Å². The third-order valence-corrected chi connectivity index (χ3v) is 1.15. The molecular formula is C4H3N2OSe. The van der Waals surface area contributed by atoms with Crippen LogP contribution in [0.2, 0.25) is 0 Å². The van der Waals surface area contributed by atoms with Crippen LogP contribution in [0, 0.1) is 0 Å². The Labute approximate surface area is 54.0 Å². The van der Waals surface area contributed by atoms with Gasteiger partial charge in [-0.3, -0.25) is 0 Å². The van der Waals surface area contributed by atoms with Crippen molar-refractivity contribution in [2.75, 3.05) is 0 Å². The van der Waals surface area contributed by atoms with Crippen molar-refractivity contribution >= 4 is 20.6 Å². The average molecular weight is 174 g/mol. The fourth-order valence-corrected chi connectivity index (χ4v) is 0.663. The van der Waals surface area contributed by atoms with Gasteiger partial charge >= 0.3 is 53.3 Å². The van der Waals surface area contributed by atoms with Crippen LogP contribution in [-0.4, -0.2) is 26.0 Å². The van der Waals surface area contributed by atoms with Gasteiger partial charge in [-0.05, 0) is 0 Å². The Balaban J connectivity index is 3.28. The normalized spacial score (nSPS) is 9.00. The molecule has 0 fully saturated rings. The summed E-state index contributed by atoms with van der Waals surface area (Å²) in [7, 11) is 0. The molecule has 0 unspecified atom stereocenters. The number of aromatic amines is 1. The molecule has 0 bridgehead atoms. The molecule has 1 aromatic heterocycles. The van der Waals surface area contributed by atoms with E-state index in [0.29, 0.717) is 4.59 Å². The van der Waals surface area contributed by atoms with Crippen molar-refractivity contribution in [3.05, 3.63) is 22.7 Å². The van der Waals surface area contributed by atoms with Crippen LogP contribution in [-0.2, 0) is 0 Å². The van der Waals surface area contributed by atoms with Crippen LogP contribution < -0.4 is 10.3 Å². The van der Waals surface area contributed by atoms with Gasteiger partial charge in [0, 0.05) is 0 Å². The quantitative estimate of drug-likeness (QED) is 0.490. The molecule has 4 heteroatoms. The van der Waals surface area contributed by atoms with Crippen LogP contribution in [0.15, 0.2) is 17.1 Å². The van der Waals surface area contributed by atoms with Gasteiger partial charge in [-0.25, -0.2) is 0 Å². The molecule has 1 aromatic rings. The van der Waals surface area contributed by atoms with Crippen molar-refractivity contribution in [3.8, 4) is 0 Å². The molecule has 0 saturated carbocycles. The van der Waals surface area contributed by atoms with Gasteiger partial charge in [0.25, 0.3) is 0 Å². The fraction of sp³-hybridized carbons (Fsp3) is 0. The minimum absolute atomic E-state index is 0.318. The molecule has 0 atom stereocenters. The van der Waals surface area contributed by atoms with Crippen molar-refractivity contribution in [1.82, 2.24) is 9.97 Å². The van der Waals surface area contributed by atoms with Crippen molar-refractivity contribution in [2.45, 2.75) is 0 Å². The van der Waals surface area contributed by atoms with Gasteiger partial charge in [-0.15, -0.1) is 0 Å². The first-order chi connectivity index (χ1) is 3.79. The molecule has 0 amide bonds. The molecule has 0 saturated heterocycles. The Bertz CT molecular complexity index is 231. The van der Waals surface area contributed by atoms with Crippen LogP contribution in [0.1, 0.15) is 0 Å². The molecule has 0 aromatic carbocycles. The predicted molar refractivity (Wildman–Crippen MR) is 30.2 cm³/mol. The van der Waals surface area contributed by atoms with E-state index in [1.165, 1.54) is 6.20 Å². The van der Waals surface area contributed by atoms with E-state index >= 15 is 0 Å². The van der Waals surface area contributed by atoms with Gasteiger partial charge in [0.2, 0.25) is 0 Å². The van der Waals surface area contributed by atoms with E-state index in [-0.39, 0.29) is 5.69 Å². The maximum absolute atomic E-state index is 10.3. The molecular weight excluding hydrogens is 171 g/mol. The standard InChI is InChI=1S/C4H3N2OSe/c7-4-5-2-1-3(8)6-4/h1-2H,(H,5,6,7). The third-order valence-electron chi connectivity index (χ3n) is 0.648. The van der Waals surface area contributed by atoms with E-state index in [1.54, 1.807) is 6.07 Å². The number of nitrogens with one attached hydrogen (secondary N) is 1. The van der Waals surface area contributed by atoms with E-state index in [0.717, 1.165) is 0 Å². The Hall–Kier alpha value is -0.601. The molecule has 8 heavy (non-hydrogen) atoms. The van der Waals surface area contributed by atoms with E-state index in [4.69, 9.17) is 0 Å². The van der Waals surface area contributed by atoms with Gasteiger partial charge in [0.1, 0.15) is 0 Å². The van der Waals surface area contributed by atoms with Crippen LogP contribution in [0.4, 0.5) is 0 Å². The topological polar surface area (TPSA) is 45.8 Å². The monoisotopic (exact) mass is 175 g/mol. The number of rotatable bonds is 0. The molecule has 0 aliphatic rings. The van der Waals surface area contributed by atoms with Crippen molar-refractivity contribution in [3.63, 3.8) is 0 Å². The summed E-state index contributed by atoms with van der Waals surface area (Å²) in [6, 6.07) is 1.68. The number of H-pyrrole nitrogens is 1. The predicted octanol–water partition coefficient (Wildman–Crippen LogP) is -1.44. The Morgan fingerprint density at radius 1 is 1.75 bits per heavy atom. The zero-order valence-corrected chi connectivity index (χ0v) is 5.63.